The van der Waals surface area contributed by atoms with Crippen molar-refractivity contribution in [2.75, 3.05) is 24.4 Å². The molecule has 2 amide bonds. The van der Waals surface area contributed by atoms with Crippen LogP contribution >= 0.6 is 0 Å². The topological polar surface area (TPSA) is 115 Å². The lowest BCUT2D eigenvalue weighted by Gasteiger charge is -2.16. The summed E-state index contributed by atoms with van der Waals surface area (Å²) in [5.41, 5.74) is 1.91. The molecule has 0 radical (unpaired) electrons. The highest BCUT2D eigenvalue weighted by Gasteiger charge is 2.18. The van der Waals surface area contributed by atoms with E-state index in [9.17, 15) is 14.0 Å². The molecule has 0 atom stereocenters. The molecule has 0 aliphatic carbocycles. The Bertz CT molecular complexity index is 1260. The number of carbonyl (C=O) groups excluding carboxylic acids is 2. The minimum atomic E-state index is -0.632. The van der Waals surface area contributed by atoms with E-state index in [1.807, 2.05) is 0 Å². The third kappa shape index (κ3) is 4.01. The Balaban J connectivity index is 1.64. The van der Waals surface area contributed by atoms with Crippen LogP contribution in [0.2, 0.25) is 0 Å². The van der Waals surface area contributed by atoms with Gasteiger partial charge in [0.1, 0.15) is 23.7 Å². The molecule has 3 heterocycles. The van der Waals surface area contributed by atoms with Crippen molar-refractivity contribution in [2.24, 2.45) is 0 Å². The van der Waals surface area contributed by atoms with E-state index in [-0.39, 0.29) is 5.69 Å². The van der Waals surface area contributed by atoms with Crippen molar-refractivity contribution in [2.45, 2.75) is 0 Å². The Morgan fingerprint density at radius 2 is 1.84 bits per heavy atom. The molecule has 1 aromatic carbocycles. The first-order chi connectivity index (χ1) is 15.0. The smallest absolute Gasteiger partial charge is 0.412 e. The summed E-state index contributed by atoms with van der Waals surface area (Å²) in [4.78, 5) is 42.5. The maximum absolute atomic E-state index is 13.2. The largest absolute Gasteiger partial charge is 0.453 e. The number of amides is 2. The van der Waals surface area contributed by atoms with Crippen LogP contribution in [0, 0.1) is 5.82 Å². The lowest BCUT2D eigenvalue weighted by atomic mass is 10.2. The summed E-state index contributed by atoms with van der Waals surface area (Å²) in [6.45, 7) is 0. The van der Waals surface area contributed by atoms with Gasteiger partial charge in [-0.3, -0.25) is 14.7 Å². The average molecular weight is 421 g/mol. The number of anilines is 2. The van der Waals surface area contributed by atoms with Crippen molar-refractivity contribution >= 4 is 34.8 Å². The van der Waals surface area contributed by atoms with Crippen molar-refractivity contribution in [1.29, 1.82) is 0 Å². The van der Waals surface area contributed by atoms with E-state index < -0.39 is 17.8 Å². The molecule has 0 aliphatic heterocycles. The summed E-state index contributed by atoms with van der Waals surface area (Å²) >= 11 is 0. The number of pyridine rings is 1. The van der Waals surface area contributed by atoms with Gasteiger partial charge in [-0.15, -0.1) is 0 Å². The van der Waals surface area contributed by atoms with Gasteiger partial charge in [0.15, 0.2) is 11.3 Å². The number of halogens is 1. The summed E-state index contributed by atoms with van der Waals surface area (Å²) < 4.78 is 19.3. The van der Waals surface area contributed by atoms with E-state index in [1.54, 1.807) is 23.7 Å². The van der Waals surface area contributed by atoms with Crippen molar-refractivity contribution < 1.29 is 18.7 Å². The fraction of sp³-hybridized carbons (Fsp3) is 0.100. The van der Waals surface area contributed by atoms with Crippen molar-refractivity contribution in [3.63, 3.8) is 0 Å². The maximum atomic E-state index is 13.2. The number of imidazole rings is 1. The normalized spacial score (nSPS) is 10.7. The lowest BCUT2D eigenvalue weighted by Crippen LogP contribution is -2.27. The van der Waals surface area contributed by atoms with Gasteiger partial charge in [0.2, 0.25) is 0 Å². The predicted octanol–water partition coefficient (Wildman–Crippen LogP) is 2.80. The molecule has 3 aromatic heterocycles. The number of rotatable bonds is 4. The number of hydrogen-bond donors (Lipinski definition) is 1. The number of aromatic nitrogens is 5. The average Bonchev–Trinajstić information content (AvgIpc) is 3.22. The second-order valence-electron chi connectivity index (χ2n) is 6.38. The summed E-state index contributed by atoms with van der Waals surface area (Å²) in [6, 6.07) is 8.82. The Labute approximate surface area is 175 Å². The van der Waals surface area contributed by atoms with E-state index in [0.717, 1.165) is 0 Å². The Morgan fingerprint density at radius 1 is 1.06 bits per heavy atom. The summed E-state index contributed by atoms with van der Waals surface area (Å²) in [7, 11) is 2.82. The van der Waals surface area contributed by atoms with Crippen LogP contribution in [0.5, 0.6) is 0 Å². The molecule has 10 nitrogen and oxygen atoms in total. The van der Waals surface area contributed by atoms with Crippen molar-refractivity contribution in [1.82, 2.24) is 24.5 Å². The Morgan fingerprint density at radius 3 is 2.52 bits per heavy atom. The van der Waals surface area contributed by atoms with Gasteiger partial charge in [-0.2, -0.15) is 0 Å². The molecule has 0 spiro atoms. The zero-order valence-electron chi connectivity index (χ0n) is 16.5. The zero-order chi connectivity index (χ0) is 22.0. The number of nitrogens with zero attached hydrogens (tertiary/aromatic N) is 6. The predicted molar refractivity (Wildman–Crippen MR) is 110 cm³/mol. The van der Waals surface area contributed by atoms with Gasteiger partial charge in [-0.25, -0.2) is 29.1 Å². The molecule has 4 aromatic rings. The summed E-state index contributed by atoms with van der Waals surface area (Å²) in [6.07, 6.45) is 3.72. The molecule has 0 bridgehead atoms. The minimum absolute atomic E-state index is 0.0954. The van der Waals surface area contributed by atoms with Crippen LogP contribution in [0.1, 0.15) is 10.5 Å². The Hall–Kier alpha value is -4.41. The van der Waals surface area contributed by atoms with E-state index in [2.05, 4.69) is 30.0 Å². The van der Waals surface area contributed by atoms with Crippen LogP contribution in [-0.4, -0.2) is 50.7 Å². The highest BCUT2D eigenvalue weighted by Crippen LogP contribution is 2.19. The monoisotopic (exact) mass is 421 g/mol. The van der Waals surface area contributed by atoms with Gasteiger partial charge >= 0.3 is 6.09 Å². The SMILES string of the molecule is COC(=O)Nc1ccc(-n2cnc3ncc(C(=O)N(C)c4ccc(F)cc4)nc32)cn1. The number of fused-ring (bicyclic) bond motifs is 1. The molecule has 0 aliphatic rings. The van der Waals surface area contributed by atoms with E-state index in [4.69, 9.17) is 0 Å². The third-order valence-corrected chi connectivity index (χ3v) is 4.44. The van der Waals surface area contributed by atoms with Crippen molar-refractivity contribution in [3.05, 3.63) is 66.6 Å². The standard InChI is InChI=1S/C20H16FN7O3/c1-27(13-5-3-12(21)4-6-13)19(29)15-10-23-17-18(25-15)28(11-24-17)14-7-8-16(22-9-14)26-20(30)31-2/h3-11H,1-2H3,(H,22,26,30). The van der Waals surface area contributed by atoms with Gasteiger partial charge in [-0.1, -0.05) is 0 Å². The van der Waals surface area contributed by atoms with E-state index in [0.29, 0.717) is 28.5 Å². The lowest BCUT2D eigenvalue weighted by molar-refractivity contribution is 0.0988. The fourth-order valence-electron chi connectivity index (χ4n) is 2.80. The third-order valence-electron chi connectivity index (χ3n) is 4.44. The van der Waals surface area contributed by atoms with Gasteiger partial charge in [0, 0.05) is 12.7 Å². The van der Waals surface area contributed by atoms with Crippen LogP contribution in [0.4, 0.5) is 20.7 Å². The fourth-order valence-corrected chi connectivity index (χ4v) is 2.80. The van der Waals surface area contributed by atoms with Gasteiger partial charge in [0.05, 0.1) is 25.2 Å². The molecule has 0 saturated heterocycles. The first-order valence-electron chi connectivity index (χ1n) is 9.01. The maximum Gasteiger partial charge on any atom is 0.412 e. The quantitative estimate of drug-likeness (QED) is 0.539. The number of carbonyl (C=O) groups is 2. The second-order valence-corrected chi connectivity index (χ2v) is 6.38. The number of hydrogen-bond acceptors (Lipinski definition) is 7. The number of methoxy groups -OCH3 is 1. The highest BCUT2D eigenvalue weighted by molar-refractivity contribution is 6.04. The van der Waals surface area contributed by atoms with Crippen LogP contribution in [-0.2, 0) is 4.74 Å². The summed E-state index contributed by atoms with van der Waals surface area (Å²) in [5, 5.41) is 2.46. The van der Waals surface area contributed by atoms with Gasteiger partial charge in [0.25, 0.3) is 5.91 Å². The molecule has 156 valence electrons. The molecule has 4 rings (SSSR count). The first kappa shape index (κ1) is 19.9. The Kier molecular flexibility index (Phi) is 5.22. The number of ether oxygens (including phenoxy) is 1. The molecule has 1 N–H and O–H groups in total. The minimum Gasteiger partial charge on any atom is -0.453 e. The van der Waals surface area contributed by atoms with Crippen LogP contribution in [0.25, 0.3) is 17.0 Å². The summed E-state index contributed by atoms with van der Waals surface area (Å²) in [5.74, 6) is -0.497. The highest BCUT2D eigenvalue weighted by atomic mass is 19.1. The molecule has 11 heteroatoms. The molecular formula is C20H16FN7O3. The molecule has 31 heavy (non-hydrogen) atoms. The van der Waals surface area contributed by atoms with Gasteiger partial charge in [-0.05, 0) is 36.4 Å². The van der Waals surface area contributed by atoms with Crippen LogP contribution in [0.15, 0.2) is 55.1 Å². The zero-order valence-corrected chi connectivity index (χ0v) is 16.5. The first-order valence-corrected chi connectivity index (χ1v) is 9.01. The van der Waals surface area contributed by atoms with Crippen molar-refractivity contribution in [3.8, 4) is 5.69 Å². The van der Waals surface area contributed by atoms with E-state index in [1.165, 1.54) is 55.0 Å². The molecule has 0 saturated carbocycles. The molecule has 0 unspecified atom stereocenters. The van der Waals surface area contributed by atoms with Crippen LogP contribution < -0.4 is 10.2 Å². The molecular weight excluding hydrogens is 405 g/mol. The van der Waals surface area contributed by atoms with Gasteiger partial charge < -0.3 is 9.64 Å². The number of nitrogens with one attached hydrogen (secondary N) is 1. The second kappa shape index (κ2) is 8.14. The number of benzene rings is 1. The molecule has 0 fully saturated rings. The van der Waals surface area contributed by atoms with E-state index >= 15 is 0 Å². The van der Waals surface area contributed by atoms with Crippen LogP contribution in [0.3, 0.4) is 0 Å².